The predicted octanol–water partition coefficient (Wildman–Crippen LogP) is 6.81. The summed E-state index contributed by atoms with van der Waals surface area (Å²) in [5.74, 6) is 0. The zero-order valence-electron chi connectivity index (χ0n) is 18.5. The summed E-state index contributed by atoms with van der Waals surface area (Å²) in [5, 5.41) is 8.26. The van der Waals surface area contributed by atoms with E-state index in [0.717, 1.165) is 16.6 Å². The van der Waals surface area contributed by atoms with E-state index in [1.807, 2.05) is 6.20 Å². The number of hydrogen-bond acceptors (Lipinski definition) is 2. The van der Waals surface area contributed by atoms with Crippen molar-refractivity contribution >= 4 is 55.3 Å². The fraction of sp³-hybridized carbons (Fsp3) is 0. The topological polar surface area (TPSA) is 12.9 Å². The molecule has 0 aliphatic heterocycles. The zero-order valence-corrected chi connectivity index (χ0v) is 20.2. The SMILES string of the molecule is S=P(c1ccccc1)(c1ccccc1)c1ccc2ccccc2c1-c1nccc2ccccc12. The van der Waals surface area contributed by atoms with Gasteiger partial charge in [0.1, 0.15) is 0 Å². The van der Waals surface area contributed by atoms with Gasteiger partial charge in [0.2, 0.25) is 0 Å². The maximum atomic E-state index is 6.76. The van der Waals surface area contributed by atoms with E-state index < -0.39 is 6.04 Å². The molecule has 0 spiro atoms. The molecule has 0 saturated heterocycles. The Balaban J connectivity index is 1.79. The van der Waals surface area contributed by atoms with E-state index >= 15 is 0 Å². The number of hydrogen-bond donors (Lipinski definition) is 0. The molecule has 1 nitrogen and oxygen atoms in total. The Morgan fingerprint density at radius 1 is 0.500 bits per heavy atom. The van der Waals surface area contributed by atoms with Gasteiger partial charge in [-0.15, -0.1) is 0 Å². The quantitative estimate of drug-likeness (QED) is 0.262. The van der Waals surface area contributed by atoms with Crippen molar-refractivity contribution in [1.82, 2.24) is 4.98 Å². The van der Waals surface area contributed by atoms with Crippen molar-refractivity contribution in [2.24, 2.45) is 0 Å². The number of pyridine rings is 1. The molecule has 34 heavy (non-hydrogen) atoms. The summed E-state index contributed by atoms with van der Waals surface area (Å²) >= 11 is 6.76. The molecular formula is C31H22NPS. The van der Waals surface area contributed by atoms with Crippen LogP contribution in [0.5, 0.6) is 0 Å². The summed E-state index contributed by atoms with van der Waals surface area (Å²) in [5.41, 5.74) is 2.14. The predicted molar refractivity (Wildman–Crippen MR) is 151 cm³/mol. The maximum absolute atomic E-state index is 6.76. The third-order valence-electron chi connectivity index (χ3n) is 6.40. The van der Waals surface area contributed by atoms with Crippen LogP contribution in [0.15, 0.2) is 134 Å². The normalized spacial score (nSPS) is 11.6. The highest BCUT2D eigenvalue weighted by Crippen LogP contribution is 2.47. The smallest absolute Gasteiger partial charge is 0.0793 e. The molecule has 1 heterocycles. The fourth-order valence-corrected chi connectivity index (χ4v) is 8.84. The molecule has 3 heteroatoms. The summed E-state index contributed by atoms with van der Waals surface area (Å²) in [6.45, 7) is 0. The van der Waals surface area contributed by atoms with Gasteiger partial charge < -0.3 is 0 Å². The van der Waals surface area contributed by atoms with E-state index in [2.05, 4.69) is 127 Å². The van der Waals surface area contributed by atoms with Crippen LogP contribution in [0.1, 0.15) is 0 Å². The van der Waals surface area contributed by atoms with E-state index in [0.29, 0.717) is 0 Å². The van der Waals surface area contributed by atoms with Crippen molar-refractivity contribution in [3.8, 4) is 11.3 Å². The van der Waals surface area contributed by atoms with Gasteiger partial charge in [-0.2, -0.15) is 0 Å². The first-order valence-electron chi connectivity index (χ1n) is 11.3. The van der Waals surface area contributed by atoms with Gasteiger partial charge >= 0.3 is 0 Å². The van der Waals surface area contributed by atoms with Crippen molar-refractivity contribution in [1.29, 1.82) is 0 Å². The van der Waals surface area contributed by atoms with Crippen LogP contribution in [-0.4, -0.2) is 4.98 Å². The molecule has 0 unspecified atom stereocenters. The maximum Gasteiger partial charge on any atom is 0.0793 e. The lowest BCUT2D eigenvalue weighted by Gasteiger charge is -2.27. The largest absolute Gasteiger partial charge is 0.256 e. The van der Waals surface area contributed by atoms with Gasteiger partial charge in [0, 0.05) is 28.5 Å². The lowest BCUT2D eigenvalue weighted by Crippen LogP contribution is -2.26. The number of rotatable bonds is 4. The number of nitrogens with zero attached hydrogens (tertiary/aromatic N) is 1. The van der Waals surface area contributed by atoms with Crippen LogP contribution in [0.3, 0.4) is 0 Å². The molecule has 0 bridgehead atoms. The zero-order chi connectivity index (χ0) is 23.0. The summed E-state index contributed by atoms with van der Waals surface area (Å²) in [6, 6.07) is 42.4. The molecule has 6 rings (SSSR count). The van der Waals surface area contributed by atoms with Crippen molar-refractivity contribution in [2.75, 3.05) is 0 Å². The summed E-state index contributed by atoms with van der Waals surface area (Å²) in [6.07, 6.45) is 1.91. The summed E-state index contributed by atoms with van der Waals surface area (Å²) in [4.78, 5) is 4.96. The van der Waals surface area contributed by atoms with Gasteiger partial charge in [0.05, 0.1) is 5.69 Å². The molecule has 0 radical (unpaired) electrons. The van der Waals surface area contributed by atoms with Crippen LogP contribution in [-0.2, 0) is 11.8 Å². The minimum atomic E-state index is -2.37. The monoisotopic (exact) mass is 471 g/mol. The summed E-state index contributed by atoms with van der Waals surface area (Å²) in [7, 11) is 0. The van der Waals surface area contributed by atoms with Crippen LogP contribution >= 0.6 is 6.04 Å². The average Bonchev–Trinajstić information content (AvgIpc) is 2.92. The highest BCUT2D eigenvalue weighted by Gasteiger charge is 2.29. The standard InChI is InChI=1S/C31H22NPS/c34-33(25-13-3-1-4-14-25,26-15-5-2-6-16-26)29-20-19-23-11-7-9-17-27(23)30(29)31-28-18-10-8-12-24(28)21-22-32-31/h1-22H. The van der Waals surface area contributed by atoms with Crippen molar-refractivity contribution in [2.45, 2.75) is 0 Å². The van der Waals surface area contributed by atoms with Crippen LogP contribution in [0.2, 0.25) is 0 Å². The lowest BCUT2D eigenvalue weighted by molar-refractivity contribution is 1.37. The Kier molecular flexibility index (Phi) is 5.34. The van der Waals surface area contributed by atoms with Crippen molar-refractivity contribution in [3.63, 3.8) is 0 Å². The van der Waals surface area contributed by atoms with Gasteiger partial charge in [-0.3, -0.25) is 4.98 Å². The van der Waals surface area contributed by atoms with Crippen molar-refractivity contribution < 1.29 is 0 Å². The van der Waals surface area contributed by atoms with Crippen LogP contribution < -0.4 is 15.9 Å². The molecular weight excluding hydrogens is 449 g/mol. The van der Waals surface area contributed by atoms with E-state index in [4.69, 9.17) is 16.8 Å². The van der Waals surface area contributed by atoms with E-state index in [1.165, 1.54) is 32.1 Å². The number of fused-ring (bicyclic) bond motifs is 2. The highest BCUT2D eigenvalue weighted by molar-refractivity contribution is 8.25. The first-order chi connectivity index (χ1) is 16.8. The minimum absolute atomic E-state index is 0.992. The molecule has 0 N–H and O–H groups in total. The second kappa shape index (κ2) is 8.65. The van der Waals surface area contributed by atoms with E-state index in [1.54, 1.807) is 0 Å². The molecule has 1 aromatic heterocycles. The Morgan fingerprint density at radius 3 is 1.68 bits per heavy atom. The molecule has 0 amide bonds. The van der Waals surface area contributed by atoms with Crippen LogP contribution in [0.4, 0.5) is 0 Å². The number of aromatic nitrogens is 1. The first kappa shape index (κ1) is 21.0. The molecule has 0 aliphatic rings. The van der Waals surface area contributed by atoms with Crippen LogP contribution in [0.25, 0.3) is 32.8 Å². The Hall–Kier alpha value is -3.58. The van der Waals surface area contributed by atoms with Gasteiger partial charge in [-0.25, -0.2) is 0 Å². The second-order valence-electron chi connectivity index (χ2n) is 8.34. The molecule has 162 valence electrons. The molecule has 0 atom stereocenters. The van der Waals surface area contributed by atoms with Gasteiger partial charge in [-0.1, -0.05) is 133 Å². The third-order valence-corrected chi connectivity index (χ3v) is 11.4. The van der Waals surface area contributed by atoms with Crippen molar-refractivity contribution in [3.05, 3.63) is 134 Å². The number of benzene rings is 5. The first-order valence-corrected chi connectivity index (χ1v) is 14.1. The van der Waals surface area contributed by atoms with E-state index in [9.17, 15) is 0 Å². The van der Waals surface area contributed by atoms with Gasteiger partial charge in [-0.05, 0) is 32.8 Å². The molecule has 0 saturated carbocycles. The Morgan fingerprint density at radius 2 is 1.03 bits per heavy atom. The van der Waals surface area contributed by atoms with Gasteiger partial charge in [0.15, 0.2) is 0 Å². The highest BCUT2D eigenvalue weighted by atomic mass is 32.4. The molecule has 5 aromatic carbocycles. The van der Waals surface area contributed by atoms with E-state index in [-0.39, 0.29) is 0 Å². The molecule has 0 fully saturated rings. The second-order valence-corrected chi connectivity index (χ2v) is 12.7. The molecule has 0 aliphatic carbocycles. The van der Waals surface area contributed by atoms with Crippen LogP contribution in [0, 0.1) is 0 Å². The summed E-state index contributed by atoms with van der Waals surface area (Å²) < 4.78 is 0. The Bertz CT molecular complexity index is 1630. The fourth-order valence-electron chi connectivity index (χ4n) is 4.79. The average molecular weight is 472 g/mol. The third kappa shape index (κ3) is 3.39. The molecule has 6 aromatic rings. The lowest BCUT2D eigenvalue weighted by atomic mass is 9.98. The van der Waals surface area contributed by atoms with Gasteiger partial charge in [0.25, 0.3) is 0 Å². The minimum Gasteiger partial charge on any atom is -0.256 e. The Labute approximate surface area is 204 Å².